The molecule has 0 bridgehead atoms. The number of alkyl halides is 5. The van der Waals surface area contributed by atoms with Gasteiger partial charge in [0.25, 0.3) is 5.82 Å². The van der Waals surface area contributed by atoms with Crippen molar-refractivity contribution < 1.29 is 22.0 Å². The van der Waals surface area contributed by atoms with Gasteiger partial charge in [0.2, 0.25) is 6.43 Å². The van der Waals surface area contributed by atoms with E-state index in [1.807, 2.05) is 0 Å². The van der Waals surface area contributed by atoms with Crippen LogP contribution in [0.2, 0.25) is 0 Å². The van der Waals surface area contributed by atoms with Crippen LogP contribution in [-0.4, -0.2) is 39.3 Å². The van der Waals surface area contributed by atoms with Crippen LogP contribution in [0, 0.1) is 5.92 Å². The van der Waals surface area contributed by atoms with Crippen molar-refractivity contribution in [2.24, 2.45) is 5.92 Å². The van der Waals surface area contributed by atoms with Crippen LogP contribution >= 0.6 is 0 Å². The predicted octanol–water partition coefficient (Wildman–Crippen LogP) is 2.23. The van der Waals surface area contributed by atoms with E-state index in [1.165, 1.54) is 17.0 Å². The maximum Gasteiger partial charge on any atom is 0.453 e. The number of halogens is 5. The molecular formula is C11H10F5N5. The molecule has 2 aromatic rings. The molecule has 3 rings (SSSR count). The first kappa shape index (κ1) is 14.0. The lowest BCUT2D eigenvalue weighted by Gasteiger charge is -2.17. The Hall–Kier alpha value is -2.00. The van der Waals surface area contributed by atoms with Gasteiger partial charge in [-0.3, -0.25) is 0 Å². The average molecular weight is 307 g/mol. The summed E-state index contributed by atoms with van der Waals surface area (Å²) in [5.74, 6) is -1.81. The van der Waals surface area contributed by atoms with Crippen molar-refractivity contribution in [3.8, 4) is 0 Å². The highest BCUT2D eigenvalue weighted by Crippen LogP contribution is 2.29. The van der Waals surface area contributed by atoms with Crippen LogP contribution in [-0.2, 0) is 6.18 Å². The van der Waals surface area contributed by atoms with E-state index in [4.69, 9.17) is 0 Å². The van der Waals surface area contributed by atoms with Gasteiger partial charge in [0, 0.05) is 19.0 Å². The van der Waals surface area contributed by atoms with Gasteiger partial charge in [0.05, 0.1) is 0 Å². The number of rotatable bonds is 2. The first-order valence-electron chi connectivity index (χ1n) is 6.19. The molecule has 1 aliphatic heterocycles. The first-order valence-corrected chi connectivity index (χ1v) is 6.19. The van der Waals surface area contributed by atoms with Crippen LogP contribution in [0.5, 0.6) is 0 Å². The minimum absolute atomic E-state index is 0.0457. The highest BCUT2D eigenvalue weighted by Gasteiger charge is 2.38. The van der Waals surface area contributed by atoms with Crippen LogP contribution < -0.4 is 4.90 Å². The lowest BCUT2D eigenvalue weighted by atomic mass is 10.1. The van der Waals surface area contributed by atoms with Gasteiger partial charge >= 0.3 is 6.18 Å². The maximum absolute atomic E-state index is 12.8. The number of hydrogen-bond acceptors (Lipinski definition) is 4. The summed E-state index contributed by atoms with van der Waals surface area (Å²) in [4.78, 5) is 1.54. The van der Waals surface area contributed by atoms with Crippen LogP contribution in [0.4, 0.5) is 27.8 Å². The largest absolute Gasteiger partial charge is 0.453 e. The topological polar surface area (TPSA) is 46.3 Å². The molecule has 0 aliphatic carbocycles. The van der Waals surface area contributed by atoms with Gasteiger partial charge in [-0.1, -0.05) is 0 Å². The fourth-order valence-electron chi connectivity index (χ4n) is 2.33. The Bertz CT molecular complexity index is 652. The summed E-state index contributed by atoms with van der Waals surface area (Å²) in [6, 6.07) is 2.79. The Morgan fingerprint density at radius 2 is 1.95 bits per heavy atom. The normalized spacial score (nSPS) is 19.9. The fourth-order valence-corrected chi connectivity index (χ4v) is 2.33. The molecule has 0 aromatic carbocycles. The average Bonchev–Trinajstić information content (AvgIpc) is 3.04. The fraction of sp³-hybridized carbons (Fsp3) is 0.545. The Morgan fingerprint density at radius 1 is 1.19 bits per heavy atom. The van der Waals surface area contributed by atoms with Crippen molar-refractivity contribution in [3.63, 3.8) is 0 Å². The van der Waals surface area contributed by atoms with Crippen molar-refractivity contribution in [3.05, 3.63) is 18.0 Å². The van der Waals surface area contributed by atoms with Crippen LogP contribution in [0.1, 0.15) is 12.2 Å². The van der Waals surface area contributed by atoms with E-state index in [9.17, 15) is 22.0 Å². The SMILES string of the molecule is FC(F)C1CCN(c2ccc3nnc(C(F)(F)F)n3n2)C1. The zero-order chi connectivity index (χ0) is 15.2. The van der Waals surface area contributed by atoms with Gasteiger partial charge in [-0.05, 0) is 18.6 Å². The minimum atomic E-state index is -4.68. The second-order valence-electron chi connectivity index (χ2n) is 4.81. The van der Waals surface area contributed by atoms with Crippen molar-refractivity contribution in [2.45, 2.75) is 19.0 Å². The summed E-state index contributed by atoms with van der Waals surface area (Å²) in [5, 5.41) is 10.3. The van der Waals surface area contributed by atoms with Crippen molar-refractivity contribution >= 4 is 11.5 Å². The van der Waals surface area contributed by atoms with E-state index in [1.54, 1.807) is 0 Å². The number of nitrogens with zero attached hydrogens (tertiary/aromatic N) is 5. The van der Waals surface area contributed by atoms with Crippen LogP contribution in [0.15, 0.2) is 12.1 Å². The van der Waals surface area contributed by atoms with Crippen LogP contribution in [0.3, 0.4) is 0 Å². The van der Waals surface area contributed by atoms with Crippen LogP contribution in [0.25, 0.3) is 5.65 Å². The van der Waals surface area contributed by atoms with Crippen molar-refractivity contribution in [2.75, 3.05) is 18.0 Å². The molecular weight excluding hydrogens is 297 g/mol. The van der Waals surface area contributed by atoms with Gasteiger partial charge in [0.15, 0.2) is 5.65 Å². The van der Waals surface area contributed by atoms with E-state index in [2.05, 4.69) is 15.3 Å². The van der Waals surface area contributed by atoms with Gasteiger partial charge in [-0.15, -0.1) is 15.3 Å². The maximum atomic E-state index is 12.8. The molecule has 10 heteroatoms. The molecule has 0 spiro atoms. The van der Waals surface area contributed by atoms with E-state index in [0.717, 1.165) is 0 Å². The molecule has 0 N–H and O–H groups in total. The van der Waals surface area contributed by atoms with Gasteiger partial charge in [0.1, 0.15) is 5.82 Å². The highest BCUT2D eigenvalue weighted by molar-refractivity contribution is 5.46. The third-order valence-electron chi connectivity index (χ3n) is 3.41. The summed E-state index contributed by atoms with van der Waals surface area (Å²) in [5.41, 5.74) is -0.0457. The molecule has 21 heavy (non-hydrogen) atoms. The summed E-state index contributed by atoms with van der Waals surface area (Å²) in [6.45, 7) is 0.399. The zero-order valence-corrected chi connectivity index (χ0v) is 10.6. The minimum Gasteiger partial charge on any atom is -0.355 e. The number of aromatic nitrogens is 4. The molecule has 1 unspecified atom stereocenters. The van der Waals surface area contributed by atoms with E-state index in [-0.39, 0.29) is 24.4 Å². The molecule has 114 valence electrons. The zero-order valence-electron chi connectivity index (χ0n) is 10.6. The molecule has 1 saturated heterocycles. The second-order valence-corrected chi connectivity index (χ2v) is 4.81. The molecule has 5 nitrogen and oxygen atoms in total. The monoisotopic (exact) mass is 307 g/mol. The number of anilines is 1. The quantitative estimate of drug-likeness (QED) is 0.798. The van der Waals surface area contributed by atoms with E-state index < -0.39 is 24.3 Å². The smallest absolute Gasteiger partial charge is 0.355 e. The second kappa shape index (κ2) is 4.78. The Balaban J connectivity index is 1.94. The van der Waals surface area contributed by atoms with Crippen molar-refractivity contribution in [1.82, 2.24) is 19.8 Å². The lowest BCUT2D eigenvalue weighted by Crippen LogP contribution is -2.24. The van der Waals surface area contributed by atoms with E-state index in [0.29, 0.717) is 11.1 Å². The molecule has 1 aliphatic rings. The molecule has 1 atom stereocenters. The number of fused-ring (bicyclic) bond motifs is 1. The molecule has 0 saturated carbocycles. The predicted molar refractivity (Wildman–Crippen MR) is 62.1 cm³/mol. The third-order valence-corrected chi connectivity index (χ3v) is 3.41. The molecule has 1 fully saturated rings. The first-order chi connectivity index (χ1) is 9.86. The number of hydrogen-bond donors (Lipinski definition) is 0. The molecule has 0 radical (unpaired) electrons. The summed E-state index contributed by atoms with van der Waals surface area (Å²) in [6.07, 6.45) is -6.84. The third kappa shape index (κ3) is 2.49. The van der Waals surface area contributed by atoms with Crippen molar-refractivity contribution in [1.29, 1.82) is 0 Å². The Labute approximate surface area is 115 Å². The summed E-state index contributed by atoms with van der Waals surface area (Å²) in [7, 11) is 0. The summed E-state index contributed by atoms with van der Waals surface area (Å²) < 4.78 is 64.1. The summed E-state index contributed by atoms with van der Waals surface area (Å²) >= 11 is 0. The van der Waals surface area contributed by atoms with E-state index >= 15 is 0 Å². The highest BCUT2D eigenvalue weighted by atomic mass is 19.4. The molecule has 0 amide bonds. The molecule has 3 heterocycles. The van der Waals surface area contributed by atoms with Gasteiger partial charge < -0.3 is 4.90 Å². The Morgan fingerprint density at radius 3 is 2.57 bits per heavy atom. The van der Waals surface area contributed by atoms with Gasteiger partial charge in [-0.25, -0.2) is 8.78 Å². The standard InChI is InChI=1S/C11H10F5N5/c12-9(13)6-3-4-20(5-6)8-2-1-7-17-18-10(11(14,15)16)21(7)19-8/h1-2,6,9H,3-5H2. The Kier molecular flexibility index (Phi) is 3.18. The molecule has 2 aromatic heterocycles. The van der Waals surface area contributed by atoms with Gasteiger partial charge in [-0.2, -0.15) is 17.7 Å². The lowest BCUT2D eigenvalue weighted by molar-refractivity contribution is -0.146.